The van der Waals surface area contributed by atoms with E-state index in [4.69, 9.17) is 23.2 Å². The Morgan fingerprint density at radius 2 is 0.500 bits per heavy atom. The van der Waals surface area contributed by atoms with Gasteiger partial charge in [-0.2, -0.15) is 0 Å². The molecule has 0 N–H and O–H groups in total. The predicted molar refractivity (Wildman–Crippen MR) is 248 cm³/mol. The van der Waals surface area contributed by atoms with Gasteiger partial charge in [-0.15, -0.1) is 0 Å². The van der Waals surface area contributed by atoms with Crippen molar-refractivity contribution in [1.82, 2.24) is 0 Å². The molecule has 9 aromatic rings. The molecule has 9 rings (SSSR count). The number of nitrogens with zero attached hydrogens (tertiary/aromatic N) is 2. The molecule has 278 valence electrons. The monoisotopic (exact) mass is 784 g/mol. The van der Waals surface area contributed by atoms with Crippen molar-refractivity contribution in [1.29, 1.82) is 0 Å². The van der Waals surface area contributed by atoms with Gasteiger partial charge in [0, 0.05) is 55.0 Å². The molecule has 0 heterocycles. The smallest absolute Gasteiger partial charge is 0.0618 e. The fourth-order valence-corrected chi connectivity index (χ4v) is 8.16. The Hall–Kier alpha value is -6.84. The molecule has 0 aliphatic carbocycles. The van der Waals surface area contributed by atoms with Gasteiger partial charge in [0.15, 0.2) is 0 Å². The quantitative estimate of drug-likeness (QED) is 0.136. The Morgan fingerprint density at radius 3 is 0.793 bits per heavy atom. The highest BCUT2D eigenvalue weighted by Crippen LogP contribution is 2.50. The number of benzene rings is 9. The fourth-order valence-electron chi connectivity index (χ4n) is 7.79. The molecule has 0 bridgehead atoms. The van der Waals surface area contributed by atoms with Gasteiger partial charge in [-0.25, -0.2) is 0 Å². The number of para-hydroxylation sites is 2. The van der Waals surface area contributed by atoms with E-state index < -0.39 is 0 Å². The van der Waals surface area contributed by atoms with Crippen molar-refractivity contribution in [2.24, 2.45) is 0 Å². The molecule has 0 saturated carbocycles. The van der Waals surface area contributed by atoms with Crippen molar-refractivity contribution in [2.75, 3.05) is 9.80 Å². The van der Waals surface area contributed by atoms with Crippen LogP contribution in [0.15, 0.2) is 231 Å². The van der Waals surface area contributed by atoms with E-state index >= 15 is 0 Å². The number of rotatable bonds is 10. The molecule has 2 nitrogen and oxygen atoms in total. The lowest BCUT2D eigenvalue weighted by Gasteiger charge is -2.33. The Morgan fingerprint density at radius 1 is 0.241 bits per heavy atom. The summed E-state index contributed by atoms with van der Waals surface area (Å²) in [5.41, 5.74) is 14.7. The van der Waals surface area contributed by atoms with Gasteiger partial charge in [0.1, 0.15) is 0 Å². The van der Waals surface area contributed by atoms with E-state index in [2.05, 4.69) is 204 Å². The maximum atomic E-state index is 6.84. The van der Waals surface area contributed by atoms with Crippen LogP contribution >= 0.6 is 23.2 Å². The van der Waals surface area contributed by atoms with E-state index in [9.17, 15) is 0 Å². The van der Waals surface area contributed by atoms with Crippen molar-refractivity contribution in [3.05, 3.63) is 241 Å². The summed E-state index contributed by atoms with van der Waals surface area (Å²) in [6.45, 7) is 0. The summed E-state index contributed by atoms with van der Waals surface area (Å²) in [7, 11) is 0. The second-order valence-electron chi connectivity index (χ2n) is 14.0. The van der Waals surface area contributed by atoms with Gasteiger partial charge in [0.2, 0.25) is 0 Å². The molecule has 0 spiro atoms. The second kappa shape index (κ2) is 16.7. The number of hydrogen-bond donors (Lipinski definition) is 0. The summed E-state index contributed by atoms with van der Waals surface area (Å²) >= 11 is 13.7. The average molecular weight is 786 g/mol. The van der Waals surface area contributed by atoms with Gasteiger partial charge in [-0.05, 0) is 76.9 Å². The number of anilines is 6. The van der Waals surface area contributed by atoms with E-state index in [-0.39, 0.29) is 0 Å². The maximum Gasteiger partial charge on any atom is 0.0618 e. The van der Waals surface area contributed by atoms with Crippen molar-refractivity contribution >= 4 is 57.3 Å². The van der Waals surface area contributed by atoms with Crippen LogP contribution in [0.2, 0.25) is 10.0 Å². The van der Waals surface area contributed by atoms with Crippen molar-refractivity contribution in [3.8, 4) is 44.5 Å². The van der Waals surface area contributed by atoms with E-state index in [1.54, 1.807) is 0 Å². The molecule has 0 aliphatic rings. The highest BCUT2D eigenvalue weighted by molar-refractivity contribution is 6.31. The zero-order valence-corrected chi connectivity index (χ0v) is 33.1. The van der Waals surface area contributed by atoms with Crippen LogP contribution in [0.3, 0.4) is 0 Å². The minimum Gasteiger partial charge on any atom is -0.309 e. The predicted octanol–water partition coefficient (Wildman–Crippen LogP) is 16.6. The molecular weight excluding hydrogens is 748 g/mol. The van der Waals surface area contributed by atoms with Crippen LogP contribution in [0.25, 0.3) is 44.5 Å². The van der Waals surface area contributed by atoms with Gasteiger partial charge in [0.25, 0.3) is 0 Å². The van der Waals surface area contributed by atoms with Gasteiger partial charge in [-0.3, -0.25) is 0 Å². The largest absolute Gasteiger partial charge is 0.309 e. The fraction of sp³-hybridized carbons (Fsp3) is 0. The summed E-state index contributed by atoms with van der Waals surface area (Å²) in [4.78, 5) is 4.69. The van der Waals surface area contributed by atoms with Crippen LogP contribution in [0.4, 0.5) is 34.1 Å². The lowest BCUT2D eigenvalue weighted by molar-refractivity contribution is 1.25. The van der Waals surface area contributed by atoms with Crippen LogP contribution in [0.1, 0.15) is 0 Å². The highest BCUT2D eigenvalue weighted by Gasteiger charge is 2.26. The highest BCUT2D eigenvalue weighted by atomic mass is 35.5. The molecule has 0 unspecified atom stereocenters. The van der Waals surface area contributed by atoms with Gasteiger partial charge in [-0.1, -0.05) is 199 Å². The molecule has 0 atom stereocenters. The van der Waals surface area contributed by atoms with Crippen LogP contribution in [0.5, 0.6) is 0 Å². The van der Waals surface area contributed by atoms with Gasteiger partial charge >= 0.3 is 0 Å². The van der Waals surface area contributed by atoms with E-state index in [1.807, 2.05) is 36.4 Å². The van der Waals surface area contributed by atoms with Crippen LogP contribution in [-0.4, -0.2) is 0 Å². The summed E-state index contributed by atoms with van der Waals surface area (Å²) in [5, 5.41) is 1.31. The van der Waals surface area contributed by atoms with E-state index in [0.717, 1.165) is 78.6 Å². The molecule has 0 aliphatic heterocycles. The normalized spacial score (nSPS) is 10.9. The topological polar surface area (TPSA) is 6.48 Å². The van der Waals surface area contributed by atoms with Crippen LogP contribution < -0.4 is 9.80 Å². The lowest BCUT2D eigenvalue weighted by Crippen LogP contribution is -2.15. The first-order valence-corrected chi connectivity index (χ1v) is 20.1. The standard InChI is InChI=1S/C54H38Cl2N2/c55-43-26-13-28-45(36-43)57(53-49(39-18-5-1-6-19-39)32-16-33-50(53)40-20-7-2-8-21-40)47-30-15-31-48(38-47)58(46-29-14-27-44(56)37-46)54-51(41-22-9-3-10-23-41)34-17-35-52(54)42-24-11-4-12-25-42/h1-38H. The molecule has 0 amide bonds. The molecule has 4 heteroatoms. The lowest BCUT2D eigenvalue weighted by atomic mass is 9.93. The second-order valence-corrected chi connectivity index (χ2v) is 14.9. The summed E-state index contributed by atoms with van der Waals surface area (Å²) < 4.78 is 0. The maximum absolute atomic E-state index is 6.84. The third kappa shape index (κ3) is 7.52. The first kappa shape index (κ1) is 36.8. The number of hydrogen-bond acceptors (Lipinski definition) is 2. The van der Waals surface area contributed by atoms with E-state index in [0.29, 0.717) is 10.0 Å². The zero-order valence-electron chi connectivity index (χ0n) is 31.6. The zero-order chi connectivity index (χ0) is 39.3. The number of halogens is 2. The third-order valence-corrected chi connectivity index (χ3v) is 10.8. The minimum absolute atomic E-state index is 0.655. The molecule has 58 heavy (non-hydrogen) atoms. The molecule has 0 fully saturated rings. The van der Waals surface area contributed by atoms with Crippen molar-refractivity contribution in [3.63, 3.8) is 0 Å². The van der Waals surface area contributed by atoms with Crippen LogP contribution in [-0.2, 0) is 0 Å². The Bertz CT molecular complexity index is 2500. The first-order chi connectivity index (χ1) is 28.6. The third-order valence-electron chi connectivity index (χ3n) is 10.3. The van der Waals surface area contributed by atoms with Crippen molar-refractivity contribution in [2.45, 2.75) is 0 Å². The molecule has 0 aromatic heterocycles. The molecule has 0 radical (unpaired) electrons. The van der Waals surface area contributed by atoms with E-state index in [1.165, 1.54) is 0 Å². The van der Waals surface area contributed by atoms with Crippen molar-refractivity contribution < 1.29 is 0 Å². The van der Waals surface area contributed by atoms with Gasteiger partial charge in [0.05, 0.1) is 11.4 Å². The van der Waals surface area contributed by atoms with Crippen LogP contribution in [0, 0.1) is 0 Å². The molecule has 0 saturated heterocycles. The summed E-state index contributed by atoms with van der Waals surface area (Å²) in [6.07, 6.45) is 0. The summed E-state index contributed by atoms with van der Waals surface area (Å²) in [5.74, 6) is 0. The summed E-state index contributed by atoms with van der Waals surface area (Å²) in [6, 6.07) is 80.5. The molecule has 9 aromatic carbocycles. The minimum atomic E-state index is 0.655. The first-order valence-electron chi connectivity index (χ1n) is 19.3. The Kier molecular flexibility index (Phi) is 10.6. The average Bonchev–Trinajstić information content (AvgIpc) is 3.28. The van der Waals surface area contributed by atoms with Gasteiger partial charge < -0.3 is 9.80 Å². The SMILES string of the molecule is Clc1cccc(N(c2cccc(N(c3cccc(Cl)c3)c3c(-c4ccccc4)cccc3-c3ccccc3)c2)c2c(-c3ccccc3)cccc2-c2ccccc2)c1. The molecular formula is C54H38Cl2N2. The Balaban J connectivity index is 1.34. The Labute approximate surface area is 350 Å².